The Bertz CT molecular complexity index is 1360. The van der Waals surface area contributed by atoms with Gasteiger partial charge in [-0.3, -0.25) is 4.57 Å². The predicted molar refractivity (Wildman–Crippen MR) is 148 cm³/mol. The highest BCUT2D eigenvalue weighted by molar-refractivity contribution is 5.64. The van der Waals surface area contributed by atoms with E-state index in [4.69, 9.17) is 9.72 Å². The second-order valence-corrected chi connectivity index (χ2v) is 10.0. The van der Waals surface area contributed by atoms with Crippen molar-refractivity contribution < 1.29 is 4.74 Å². The van der Waals surface area contributed by atoms with Crippen LogP contribution in [0.4, 0.5) is 5.69 Å². The standard InChI is InChI=1S/C31H34N4O/c1-22(2)28-13-8-14-29(23(3)4)30(28)35-16-15-32-31(35)24-9-6-11-26(19-24)36-27-12-7-10-25(20-27)34-18-17-33(5)21-34/h6-20,22-23H,21H2,1-5H3. The quantitative estimate of drug-likeness (QED) is 0.272. The van der Waals surface area contributed by atoms with Gasteiger partial charge in [0.2, 0.25) is 0 Å². The first kappa shape index (κ1) is 23.7. The molecule has 1 aliphatic rings. The lowest BCUT2D eigenvalue weighted by Crippen LogP contribution is -2.21. The fourth-order valence-corrected chi connectivity index (χ4v) is 4.74. The Morgan fingerprint density at radius 1 is 0.806 bits per heavy atom. The number of aromatic nitrogens is 2. The van der Waals surface area contributed by atoms with E-state index in [-0.39, 0.29) is 0 Å². The van der Waals surface area contributed by atoms with Gasteiger partial charge in [0.15, 0.2) is 0 Å². The lowest BCUT2D eigenvalue weighted by atomic mass is 9.92. The summed E-state index contributed by atoms with van der Waals surface area (Å²) < 4.78 is 8.55. The molecule has 0 spiro atoms. The van der Waals surface area contributed by atoms with Gasteiger partial charge in [-0.25, -0.2) is 4.98 Å². The minimum atomic E-state index is 0.404. The van der Waals surface area contributed by atoms with Crippen molar-refractivity contribution in [2.24, 2.45) is 0 Å². The molecule has 1 aromatic heterocycles. The van der Waals surface area contributed by atoms with Crippen molar-refractivity contribution in [3.8, 4) is 28.6 Å². The molecule has 0 radical (unpaired) electrons. The number of nitrogens with zero attached hydrogens (tertiary/aromatic N) is 4. The van der Waals surface area contributed by atoms with Crippen molar-refractivity contribution in [2.45, 2.75) is 39.5 Å². The molecule has 0 amide bonds. The smallest absolute Gasteiger partial charge is 0.144 e. The summed E-state index contributed by atoms with van der Waals surface area (Å²) >= 11 is 0. The molecule has 5 rings (SSSR count). The zero-order valence-electron chi connectivity index (χ0n) is 21.7. The van der Waals surface area contributed by atoms with E-state index in [1.54, 1.807) is 0 Å². The molecule has 3 aromatic carbocycles. The minimum absolute atomic E-state index is 0.404. The van der Waals surface area contributed by atoms with Crippen LogP contribution in [0.5, 0.6) is 11.5 Å². The highest BCUT2D eigenvalue weighted by Gasteiger charge is 2.19. The number of hydrogen-bond donors (Lipinski definition) is 0. The van der Waals surface area contributed by atoms with E-state index in [2.05, 4.69) is 110 Å². The maximum Gasteiger partial charge on any atom is 0.144 e. The molecule has 184 valence electrons. The molecule has 0 saturated carbocycles. The molecule has 5 nitrogen and oxygen atoms in total. The Morgan fingerprint density at radius 3 is 2.14 bits per heavy atom. The van der Waals surface area contributed by atoms with E-state index in [0.717, 1.165) is 35.2 Å². The Kier molecular flexibility index (Phi) is 6.55. The van der Waals surface area contributed by atoms with Gasteiger partial charge in [-0.2, -0.15) is 0 Å². The molecular formula is C31H34N4O. The molecule has 36 heavy (non-hydrogen) atoms. The normalized spacial score (nSPS) is 13.3. The van der Waals surface area contributed by atoms with Gasteiger partial charge in [-0.15, -0.1) is 0 Å². The number of anilines is 1. The molecule has 1 aliphatic heterocycles. The second kappa shape index (κ2) is 9.94. The monoisotopic (exact) mass is 478 g/mol. The van der Waals surface area contributed by atoms with Crippen molar-refractivity contribution in [2.75, 3.05) is 18.6 Å². The molecule has 0 fully saturated rings. The third kappa shape index (κ3) is 4.74. The largest absolute Gasteiger partial charge is 0.457 e. The first-order chi connectivity index (χ1) is 17.4. The molecule has 0 atom stereocenters. The summed E-state index contributed by atoms with van der Waals surface area (Å²) in [5.74, 6) is 3.31. The summed E-state index contributed by atoms with van der Waals surface area (Å²) in [6.07, 6.45) is 8.11. The fraction of sp³-hybridized carbons (Fsp3) is 0.258. The molecule has 0 N–H and O–H groups in total. The van der Waals surface area contributed by atoms with Crippen molar-refractivity contribution in [3.05, 3.63) is 103 Å². The maximum absolute atomic E-state index is 6.31. The van der Waals surface area contributed by atoms with Crippen LogP contribution in [0.1, 0.15) is 50.7 Å². The lowest BCUT2D eigenvalue weighted by molar-refractivity contribution is 0.481. The highest BCUT2D eigenvalue weighted by atomic mass is 16.5. The topological polar surface area (TPSA) is 33.5 Å². The average Bonchev–Trinajstić information content (AvgIpc) is 3.53. The molecule has 4 aromatic rings. The van der Waals surface area contributed by atoms with E-state index >= 15 is 0 Å². The Balaban J connectivity index is 1.48. The van der Waals surface area contributed by atoms with Gasteiger partial charge in [0.05, 0.1) is 12.4 Å². The van der Waals surface area contributed by atoms with Crippen LogP contribution in [0.15, 0.2) is 91.5 Å². The van der Waals surface area contributed by atoms with Gasteiger partial charge in [-0.05, 0) is 47.2 Å². The zero-order chi connectivity index (χ0) is 25.2. The Hall–Kier alpha value is -3.99. The average molecular weight is 479 g/mol. The maximum atomic E-state index is 6.31. The summed E-state index contributed by atoms with van der Waals surface area (Å²) in [6.45, 7) is 9.82. The van der Waals surface area contributed by atoms with Crippen LogP contribution in [0.3, 0.4) is 0 Å². The fourth-order valence-electron chi connectivity index (χ4n) is 4.74. The third-order valence-electron chi connectivity index (χ3n) is 6.58. The first-order valence-electron chi connectivity index (χ1n) is 12.6. The first-order valence-corrected chi connectivity index (χ1v) is 12.6. The van der Waals surface area contributed by atoms with Crippen LogP contribution in [0.25, 0.3) is 17.1 Å². The van der Waals surface area contributed by atoms with Crippen molar-refractivity contribution in [1.82, 2.24) is 14.5 Å². The van der Waals surface area contributed by atoms with Gasteiger partial charge >= 0.3 is 0 Å². The Labute approximate surface area is 214 Å². The SMILES string of the molecule is CC(C)c1cccc(C(C)C)c1-n1ccnc1-c1cccc(Oc2cccc(N3C=CN(C)C3)c2)c1. The van der Waals surface area contributed by atoms with Crippen LogP contribution in [0.2, 0.25) is 0 Å². The van der Waals surface area contributed by atoms with Gasteiger partial charge in [0.1, 0.15) is 17.3 Å². The molecule has 0 aliphatic carbocycles. The lowest BCUT2D eigenvalue weighted by Gasteiger charge is -2.22. The number of para-hydroxylation sites is 1. The second-order valence-electron chi connectivity index (χ2n) is 10.0. The molecular weight excluding hydrogens is 444 g/mol. The van der Waals surface area contributed by atoms with E-state index in [9.17, 15) is 0 Å². The van der Waals surface area contributed by atoms with Crippen LogP contribution < -0.4 is 9.64 Å². The van der Waals surface area contributed by atoms with Gasteiger partial charge in [0.25, 0.3) is 0 Å². The summed E-state index contributed by atoms with van der Waals surface area (Å²) in [7, 11) is 2.07. The summed E-state index contributed by atoms with van der Waals surface area (Å²) in [5.41, 5.74) is 6.01. The van der Waals surface area contributed by atoms with Crippen LogP contribution in [0, 0.1) is 0 Å². The summed E-state index contributed by atoms with van der Waals surface area (Å²) in [6, 6.07) is 23.0. The Morgan fingerprint density at radius 2 is 1.47 bits per heavy atom. The van der Waals surface area contributed by atoms with Crippen molar-refractivity contribution in [3.63, 3.8) is 0 Å². The van der Waals surface area contributed by atoms with E-state index in [1.807, 2.05) is 30.5 Å². The van der Waals surface area contributed by atoms with E-state index in [0.29, 0.717) is 11.8 Å². The van der Waals surface area contributed by atoms with Crippen molar-refractivity contribution in [1.29, 1.82) is 0 Å². The summed E-state index contributed by atoms with van der Waals surface area (Å²) in [4.78, 5) is 9.11. The molecule has 0 bridgehead atoms. The summed E-state index contributed by atoms with van der Waals surface area (Å²) in [5, 5.41) is 0. The number of benzene rings is 3. The highest BCUT2D eigenvalue weighted by Crippen LogP contribution is 2.35. The van der Waals surface area contributed by atoms with Crippen LogP contribution >= 0.6 is 0 Å². The number of ether oxygens (including phenoxy) is 1. The van der Waals surface area contributed by atoms with Crippen LogP contribution in [-0.4, -0.2) is 28.2 Å². The molecule has 0 unspecified atom stereocenters. The minimum Gasteiger partial charge on any atom is -0.457 e. The third-order valence-corrected chi connectivity index (χ3v) is 6.58. The molecule has 2 heterocycles. The van der Waals surface area contributed by atoms with Gasteiger partial charge in [-0.1, -0.05) is 64.1 Å². The predicted octanol–water partition coefficient (Wildman–Crippen LogP) is 7.76. The van der Waals surface area contributed by atoms with Crippen LogP contribution in [-0.2, 0) is 0 Å². The van der Waals surface area contributed by atoms with E-state index < -0.39 is 0 Å². The number of imidazole rings is 1. The molecule has 5 heteroatoms. The van der Waals surface area contributed by atoms with E-state index in [1.165, 1.54) is 16.8 Å². The zero-order valence-corrected chi connectivity index (χ0v) is 21.7. The molecule has 0 saturated heterocycles. The van der Waals surface area contributed by atoms with Gasteiger partial charge in [0, 0.05) is 49.2 Å². The van der Waals surface area contributed by atoms with Crippen molar-refractivity contribution >= 4 is 5.69 Å². The number of hydrogen-bond acceptors (Lipinski definition) is 4. The van der Waals surface area contributed by atoms with Gasteiger partial charge < -0.3 is 14.5 Å². The number of rotatable bonds is 7.